The van der Waals surface area contributed by atoms with E-state index < -0.39 is 6.04 Å². The molecule has 0 bridgehead atoms. The van der Waals surface area contributed by atoms with E-state index in [4.69, 9.17) is 9.47 Å². The number of amides is 2. The van der Waals surface area contributed by atoms with Crippen LogP contribution in [0.15, 0.2) is 42.5 Å². The van der Waals surface area contributed by atoms with E-state index in [9.17, 15) is 9.59 Å². The first-order chi connectivity index (χ1) is 14.9. The number of hydrogen-bond acceptors (Lipinski definition) is 4. The first kappa shape index (κ1) is 22.7. The molecular weight excluding hydrogens is 392 g/mol. The van der Waals surface area contributed by atoms with E-state index in [2.05, 4.69) is 5.32 Å². The molecule has 166 valence electrons. The van der Waals surface area contributed by atoms with Crippen LogP contribution in [-0.4, -0.2) is 35.6 Å². The lowest BCUT2D eigenvalue weighted by molar-refractivity contribution is -0.140. The normalized spacial score (nSPS) is 14.1. The molecule has 6 nitrogen and oxygen atoms in total. The second-order valence-electron chi connectivity index (χ2n) is 8.13. The first-order valence-corrected chi connectivity index (χ1v) is 10.9. The van der Waals surface area contributed by atoms with Crippen LogP contribution in [0.2, 0.25) is 0 Å². The predicted octanol–water partition coefficient (Wildman–Crippen LogP) is 3.99. The van der Waals surface area contributed by atoms with Crippen molar-refractivity contribution < 1.29 is 19.1 Å². The molecule has 2 aromatic rings. The summed E-state index contributed by atoms with van der Waals surface area (Å²) in [6.45, 7) is 8.45. The maximum atomic E-state index is 13.3. The number of aryl methyl sites for hydroxylation is 2. The Labute approximate surface area is 184 Å². The minimum atomic E-state index is -0.558. The molecule has 2 unspecified atom stereocenters. The Kier molecular flexibility index (Phi) is 7.55. The third-order valence-corrected chi connectivity index (χ3v) is 5.83. The van der Waals surface area contributed by atoms with Gasteiger partial charge in [-0.15, -0.1) is 0 Å². The van der Waals surface area contributed by atoms with Crippen LogP contribution >= 0.6 is 0 Å². The van der Waals surface area contributed by atoms with E-state index in [-0.39, 0.29) is 24.6 Å². The highest BCUT2D eigenvalue weighted by atomic mass is 16.7. The van der Waals surface area contributed by atoms with Crippen LogP contribution in [0, 0.1) is 6.92 Å². The molecule has 0 saturated carbocycles. The molecule has 2 atom stereocenters. The van der Waals surface area contributed by atoms with Gasteiger partial charge in [0.15, 0.2) is 11.5 Å². The number of hydrogen-bond donors (Lipinski definition) is 1. The van der Waals surface area contributed by atoms with Crippen molar-refractivity contribution in [3.63, 3.8) is 0 Å². The van der Waals surface area contributed by atoms with Crippen LogP contribution in [0.3, 0.4) is 0 Å². The van der Waals surface area contributed by atoms with Crippen molar-refractivity contribution in [2.24, 2.45) is 0 Å². The molecule has 0 spiro atoms. The van der Waals surface area contributed by atoms with Crippen molar-refractivity contribution in [2.75, 3.05) is 6.79 Å². The molecular formula is C25H32N2O4. The van der Waals surface area contributed by atoms with E-state index >= 15 is 0 Å². The maximum Gasteiger partial charge on any atom is 0.242 e. The smallest absolute Gasteiger partial charge is 0.242 e. The Balaban J connectivity index is 1.73. The Morgan fingerprint density at radius 3 is 2.58 bits per heavy atom. The summed E-state index contributed by atoms with van der Waals surface area (Å²) in [5, 5.41) is 3.00. The van der Waals surface area contributed by atoms with Crippen molar-refractivity contribution in [3.8, 4) is 11.5 Å². The molecule has 3 rings (SSSR count). The van der Waals surface area contributed by atoms with Crippen LogP contribution < -0.4 is 14.8 Å². The topological polar surface area (TPSA) is 67.9 Å². The Bertz CT molecular complexity index is 927. The molecule has 0 aliphatic carbocycles. The molecule has 0 saturated heterocycles. The quantitative estimate of drug-likeness (QED) is 0.661. The van der Waals surface area contributed by atoms with Crippen LogP contribution in [-0.2, 0) is 22.6 Å². The molecule has 0 radical (unpaired) electrons. The average Bonchev–Trinajstić information content (AvgIpc) is 3.24. The number of ether oxygens (including phenoxy) is 2. The number of nitrogens with zero attached hydrogens (tertiary/aromatic N) is 1. The zero-order valence-corrected chi connectivity index (χ0v) is 18.8. The van der Waals surface area contributed by atoms with Crippen molar-refractivity contribution in [3.05, 3.63) is 59.2 Å². The minimum Gasteiger partial charge on any atom is -0.454 e. The molecule has 0 aromatic heterocycles. The molecule has 2 aromatic carbocycles. The van der Waals surface area contributed by atoms with E-state index in [0.717, 1.165) is 28.9 Å². The fraction of sp³-hybridized carbons (Fsp3) is 0.440. The molecule has 6 heteroatoms. The Morgan fingerprint density at radius 1 is 1.10 bits per heavy atom. The molecule has 0 fully saturated rings. The summed E-state index contributed by atoms with van der Waals surface area (Å²) in [7, 11) is 0. The van der Waals surface area contributed by atoms with Gasteiger partial charge in [-0.05, 0) is 62.4 Å². The third kappa shape index (κ3) is 5.78. The van der Waals surface area contributed by atoms with Crippen molar-refractivity contribution in [1.29, 1.82) is 0 Å². The fourth-order valence-electron chi connectivity index (χ4n) is 3.51. The van der Waals surface area contributed by atoms with Gasteiger partial charge in [-0.25, -0.2) is 0 Å². The number of carbonyl (C=O) groups excluding carboxylic acids is 2. The molecule has 1 aliphatic heterocycles. The summed E-state index contributed by atoms with van der Waals surface area (Å²) < 4.78 is 10.8. The SMILES string of the molecule is CCC(C)NC(=O)C(C)N(Cc1ccccc1C)C(=O)CCc1ccc2c(c1)OCO2. The summed E-state index contributed by atoms with van der Waals surface area (Å²) in [4.78, 5) is 27.7. The van der Waals surface area contributed by atoms with Gasteiger partial charge in [0.25, 0.3) is 0 Å². The van der Waals surface area contributed by atoms with Crippen LogP contribution in [0.5, 0.6) is 11.5 Å². The molecule has 1 heterocycles. The van der Waals surface area contributed by atoms with Crippen molar-refractivity contribution in [1.82, 2.24) is 10.2 Å². The highest BCUT2D eigenvalue weighted by Gasteiger charge is 2.27. The van der Waals surface area contributed by atoms with E-state index in [1.165, 1.54) is 0 Å². The summed E-state index contributed by atoms with van der Waals surface area (Å²) in [6.07, 6.45) is 1.72. The van der Waals surface area contributed by atoms with Crippen LogP contribution in [0.4, 0.5) is 0 Å². The summed E-state index contributed by atoms with van der Waals surface area (Å²) >= 11 is 0. The van der Waals surface area contributed by atoms with Crippen LogP contribution in [0.25, 0.3) is 0 Å². The Morgan fingerprint density at radius 2 is 1.84 bits per heavy atom. The highest BCUT2D eigenvalue weighted by molar-refractivity contribution is 5.87. The predicted molar refractivity (Wildman–Crippen MR) is 120 cm³/mol. The zero-order valence-electron chi connectivity index (χ0n) is 18.8. The second kappa shape index (κ2) is 10.3. The average molecular weight is 425 g/mol. The second-order valence-corrected chi connectivity index (χ2v) is 8.13. The summed E-state index contributed by atoms with van der Waals surface area (Å²) in [5.41, 5.74) is 3.15. The summed E-state index contributed by atoms with van der Waals surface area (Å²) in [5.74, 6) is 1.27. The van der Waals surface area contributed by atoms with Gasteiger partial charge in [0.05, 0.1) is 0 Å². The standard InChI is InChI=1S/C25H32N2O4/c1-5-18(3)26-25(29)19(4)27(15-21-9-7-6-8-17(21)2)24(28)13-11-20-10-12-22-23(14-20)31-16-30-22/h6-10,12,14,18-19H,5,11,13,15-16H2,1-4H3,(H,26,29). The van der Waals surface area contributed by atoms with Gasteiger partial charge in [-0.1, -0.05) is 37.3 Å². The first-order valence-electron chi connectivity index (χ1n) is 10.9. The number of rotatable bonds is 9. The van der Waals surface area contributed by atoms with Gasteiger partial charge in [0.2, 0.25) is 18.6 Å². The van der Waals surface area contributed by atoms with Crippen molar-refractivity contribution >= 4 is 11.8 Å². The number of carbonyl (C=O) groups is 2. The lowest BCUT2D eigenvalue weighted by atomic mass is 10.0. The van der Waals surface area contributed by atoms with Gasteiger partial charge in [-0.3, -0.25) is 9.59 Å². The third-order valence-electron chi connectivity index (χ3n) is 5.83. The molecule has 2 amide bonds. The molecule has 31 heavy (non-hydrogen) atoms. The van der Waals surface area contributed by atoms with Gasteiger partial charge in [0, 0.05) is 19.0 Å². The molecule has 1 aliphatic rings. The maximum absolute atomic E-state index is 13.3. The van der Waals surface area contributed by atoms with E-state index in [1.54, 1.807) is 11.8 Å². The van der Waals surface area contributed by atoms with E-state index in [0.29, 0.717) is 25.1 Å². The monoisotopic (exact) mass is 424 g/mol. The van der Waals surface area contributed by atoms with Gasteiger partial charge < -0.3 is 19.7 Å². The minimum absolute atomic E-state index is 0.0484. The van der Waals surface area contributed by atoms with Gasteiger partial charge in [0.1, 0.15) is 6.04 Å². The van der Waals surface area contributed by atoms with Crippen LogP contribution in [0.1, 0.15) is 50.3 Å². The number of fused-ring (bicyclic) bond motifs is 1. The van der Waals surface area contributed by atoms with Gasteiger partial charge >= 0.3 is 0 Å². The van der Waals surface area contributed by atoms with Crippen molar-refractivity contribution in [2.45, 2.75) is 65.6 Å². The van der Waals surface area contributed by atoms with Gasteiger partial charge in [-0.2, -0.15) is 0 Å². The fourth-order valence-corrected chi connectivity index (χ4v) is 3.51. The largest absolute Gasteiger partial charge is 0.454 e. The number of benzene rings is 2. The zero-order chi connectivity index (χ0) is 22.4. The van der Waals surface area contributed by atoms with E-state index in [1.807, 2.05) is 63.2 Å². The lowest BCUT2D eigenvalue weighted by Crippen LogP contribution is -2.49. The lowest BCUT2D eigenvalue weighted by Gasteiger charge is -2.30. The highest BCUT2D eigenvalue weighted by Crippen LogP contribution is 2.32. The Hall–Kier alpha value is -3.02. The number of nitrogens with one attached hydrogen (secondary N) is 1. The summed E-state index contributed by atoms with van der Waals surface area (Å²) in [6, 6.07) is 13.2. The molecule has 1 N–H and O–H groups in total.